The largest absolute Gasteiger partial charge is 0.481 e. The highest BCUT2D eigenvalue weighted by atomic mass is 32.2. The van der Waals surface area contributed by atoms with Crippen molar-refractivity contribution in [3.8, 4) is 0 Å². The van der Waals surface area contributed by atoms with Crippen LogP contribution in [0.2, 0.25) is 0 Å². The standard InChI is InChI=1S/C11H18F3NO3S/c12-11(13,14)19-6-5-15-7-10(18)3-1-8(2-4-10)9(16)17/h8,15,18H,1-7H2,(H,16,17). The predicted octanol–water partition coefficient (Wildman–Crippen LogP) is 1.83. The van der Waals surface area contributed by atoms with Gasteiger partial charge in [-0.25, -0.2) is 0 Å². The van der Waals surface area contributed by atoms with E-state index in [0.717, 1.165) is 0 Å². The van der Waals surface area contributed by atoms with Crippen molar-refractivity contribution in [2.75, 3.05) is 18.8 Å². The summed E-state index contributed by atoms with van der Waals surface area (Å²) < 4.78 is 35.6. The van der Waals surface area contributed by atoms with E-state index in [1.807, 2.05) is 0 Å². The lowest BCUT2D eigenvalue weighted by Gasteiger charge is -2.34. The molecule has 8 heteroatoms. The molecule has 0 heterocycles. The Morgan fingerprint density at radius 1 is 1.37 bits per heavy atom. The normalized spacial score (nSPS) is 28.3. The highest BCUT2D eigenvalue weighted by molar-refractivity contribution is 8.00. The average Bonchev–Trinajstić information content (AvgIpc) is 2.27. The van der Waals surface area contributed by atoms with Crippen molar-refractivity contribution in [1.82, 2.24) is 5.32 Å². The number of hydrogen-bond acceptors (Lipinski definition) is 4. The molecule has 1 aliphatic rings. The quantitative estimate of drug-likeness (QED) is 0.653. The summed E-state index contributed by atoms with van der Waals surface area (Å²) >= 11 is -0.0985. The van der Waals surface area contributed by atoms with Crippen molar-refractivity contribution in [3.63, 3.8) is 0 Å². The molecule has 1 rings (SSSR count). The van der Waals surface area contributed by atoms with Gasteiger partial charge in [-0.1, -0.05) is 0 Å². The first-order valence-corrected chi connectivity index (χ1v) is 7.07. The molecule has 0 aromatic heterocycles. The van der Waals surface area contributed by atoms with Gasteiger partial charge in [-0.15, -0.1) is 0 Å². The Balaban J connectivity index is 2.17. The molecule has 0 aromatic carbocycles. The number of alkyl halides is 3. The van der Waals surface area contributed by atoms with Crippen molar-refractivity contribution in [2.24, 2.45) is 5.92 Å². The van der Waals surface area contributed by atoms with Gasteiger partial charge in [0.15, 0.2) is 0 Å². The van der Waals surface area contributed by atoms with Crippen LogP contribution in [0, 0.1) is 5.92 Å². The molecular formula is C11H18F3NO3S. The lowest BCUT2D eigenvalue weighted by Crippen LogP contribution is -2.45. The third-order valence-corrected chi connectivity index (χ3v) is 4.00. The number of thioether (sulfide) groups is 1. The first kappa shape index (κ1) is 16.6. The summed E-state index contributed by atoms with van der Waals surface area (Å²) in [5, 5.41) is 21.8. The zero-order chi connectivity index (χ0) is 14.5. The van der Waals surface area contributed by atoms with Crippen LogP contribution in [0.15, 0.2) is 0 Å². The molecular weight excluding hydrogens is 283 g/mol. The lowest BCUT2D eigenvalue weighted by molar-refractivity contribution is -0.144. The van der Waals surface area contributed by atoms with E-state index >= 15 is 0 Å². The van der Waals surface area contributed by atoms with Gasteiger partial charge in [-0.05, 0) is 37.4 Å². The van der Waals surface area contributed by atoms with Gasteiger partial charge in [-0.2, -0.15) is 13.2 Å². The fourth-order valence-corrected chi connectivity index (χ4v) is 2.62. The number of rotatable bonds is 6. The third-order valence-electron chi connectivity index (χ3n) is 3.26. The van der Waals surface area contributed by atoms with Gasteiger partial charge < -0.3 is 15.5 Å². The molecule has 1 fully saturated rings. The summed E-state index contributed by atoms with van der Waals surface area (Å²) in [6, 6.07) is 0. The molecule has 0 aliphatic heterocycles. The summed E-state index contributed by atoms with van der Waals surface area (Å²) in [7, 11) is 0. The van der Waals surface area contributed by atoms with Gasteiger partial charge >= 0.3 is 11.5 Å². The minimum atomic E-state index is -4.22. The maximum atomic E-state index is 11.9. The van der Waals surface area contributed by atoms with Crippen LogP contribution in [0.5, 0.6) is 0 Å². The lowest BCUT2D eigenvalue weighted by atomic mass is 9.79. The molecule has 0 atom stereocenters. The van der Waals surface area contributed by atoms with E-state index in [1.54, 1.807) is 0 Å². The van der Waals surface area contributed by atoms with E-state index < -0.39 is 23.0 Å². The van der Waals surface area contributed by atoms with Crippen molar-refractivity contribution >= 4 is 17.7 Å². The zero-order valence-electron chi connectivity index (χ0n) is 10.4. The summed E-state index contributed by atoms with van der Waals surface area (Å²) in [6.07, 6.45) is 1.54. The van der Waals surface area contributed by atoms with E-state index in [-0.39, 0.29) is 30.6 Å². The van der Waals surface area contributed by atoms with Crippen LogP contribution >= 0.6 is 11.8 Å². The SMILES string of the molecule is O=C(O)C1CCC(O)(CNCCSC(F)(F)F)CC1. The smallest absolute Gasteiger partial charge is 0.441 e. The van der Waals surface area contributed by atoms with Gasteiger partial charge in [0.2, 0.25) is 0 Å². The van der Waals surface area contributed by atoms with Crippen molar-refractivity contribution in [2.45, 2.75) is 36.8 Å². The molecule has 0 radical (unpaired) electrons. The fraction of sp³-hybridized carbons (Fsp3) is 0.909. The number of aliphatic hydroxyl groups is 1. The minimum Gasteiger partial charge on any atom is -0.481 e. The highest BCUT2D eigenvalue weighted by Crippen LogP contribution is 2.32. The van der Waals surface area contributed by atoms with E-state index in [2.05, 4.69) is 5.32 Å². The molecule has 19 heavy (non-hydrogen) atoms. The van der Waals surface area contributed by atoms with Crippen LogP contribution in [0.1, 0.15) is 25.7 Å². The van der Waals surface area contributed by atoms with Crippen LogP contribution in [0.4, 0.5) is 13.2 Å². The number of hydrogen-bond donors (Lipinski definition) is 3. The number of aliphatic carboxylic acids is 1. The maximum Gasteiger partial charge on any atom is 0.441 e. The monoisotopic (exact) mass is 301 g/mol. The Bertz CT molecular complexity index is 304. The van der Waals surface area contributed by atoms with Gasteiger partial charge in [0.05, 0.1) is 11.5 Å². The van der Waals surface area contributed by atoms with E-state index in [1.165, 1.54) is 0 Å². The molecule has 4 nitrogen and oxygen atoms in total. The summed E-state index contributed by atoms with van der Waals surface area (Å²) in [5.41, 5.74) is -5.22. The maximum absolute atomic E-state index is 11.9. The first-order valence-electron chi connectivity index (χ1n) is 6.08. The first-order chi connectivity index (χ1) is 8.72. The van der Waals surface area contributed by atoms with Gasteiger partial charge in [0.25, 0.3) is 0 Å². The fourth-order valence-electron chi connectivity index (χ4n) is 2.14. The molecule has 0 bridgehead atoms. The van der Waals surface area contributed by atoms with Crippen LogP contribution in [-0.4, -0.2) is 46.1 Å². The molecule has 0 unspecified atom stereocenters. The number of halogens is 3. The molecule has 0 amide bonds. The number of carbonyl (C=O) groups is 1. The second kappa shape index (κ2) is 6.81. The molecule has 1 aliphatic carbocycles. The van der Waals surface area contributed by atoms with Crippen LogP contribution in [0.3, 0.4) is 0 Å². The van der Waals surface area contributed by atoms with E-state index in [4.69, 9.17) is 5.11 Å². The number of nitrogens with one attached hydrogen (secondary N) is 1. The van der Waals surface area contributed by atoms with E-state index in [9.17, 15) is 23.1 Å². The molecule has 112 valence electrons. The Morgan fingerprint density at radius 3 is 2.42 bits per heavy atom. The molecule has 0 spiro atoms. The van der Waals surface area contributed by atoms with Crippen LogP contribution in [-0.2, 0) is 4.79 Å². The average molecular weight is 301 g/mol. The van der Waals surface area contributed by atoms with Crippen LogP contribution in [0.25, 0.3) is 0 Å². The second-order valence-corrected chi connectivity index (χ2v) is 5.97. The highest BCUT2D eigenvalue weighted by Gasteiger charge is 2.35. The zero-order valence-corrected chi connectivity index (χ0v) is 11.2. The molecule has 3 N–H and O–H groups in total. The summed E-state index contributed by atoms with van der Waals surface area (Å²) in [6.45, 7) is 0.368. The Morgan fingerprint density at radius 2 is 1.95 bits per heavy atom. The molecule has 1 saturated carbocycles. The van der Waals surface area contributed by atoms with Crippen LogP contribution < -0.4 is 5.32 Å². The topological polar surface area (TPSA) is 69.6 Å². The predicted molar refractivity (Wildman–Crippen MR) is 65.9 cm³/mol. The molecule has 0 saturated heterocycles. The Labute approximate surface area is 113 Å². The van der Waals surface area contributed by atoms with Crippen molar-refractivity contribution in [1.29, 1.82) is 0 Å². The van der Waals surface area contributed by atoms with E-state index in [0.29, 0.717) is 25.7 Å². The second-order valence-electron chi connectivity index (χ2n) is 4.81. The third kappa shape index (κ3) is 6.49. The Hall–Kier alpha value is -0.470. The van der Waals surface area contributed by atoms with Gasteiger partial charge in [-0.3, -0.25) is 4.79 Å². The number of carboxylic acid groups (broad SMARTS) is 1. The summed E-state index contributed by atoms with van der Waals surface area (Å²) in [4.78, 5) is 10.8. The van der Waals surface area contributed by atoms with Gasteiger partial charge in [0.1, 0.15) is 0 Å². The van der Waals surface area contributed by atoms with Crippen molar-refractivity contribution < 1.29 is 28.2 Å². The minimum absolute atomic E-state index is 0.0985. The number of carboxylic acids is 1. The molecule has 0 aromatic rings. The van der Waals surface area contributed by atoms with Gasteiger partial charge in [0, 0.05) is 18.8 Å². The summed E-state index contributed by atoms with van der Waals surface area (Å²) in [5.74, 6) is -1.37. The van der Waals surface area contributed by atoms with Crippen molar-refractivity contribution in [3.05, 3.63) is 0 Å². The Kier molecular flexibility index (Phi) is 5.94.